The van der Waals surface area contributed by atoms with E-state index < -0.39 is 0 Å². The number of fused-ring (bicyclic) bond motifs is 1. The van der Waals surface area contributed by atoms with Crippen LogP contribution in [0.4, 0.5) is 0 Å². The predicted molar refractivity (Wildman–Crippen MR) is 99.8 cm³/mol. The highest BCUT2D eigenvalue weighted by Crippen LogP contribution is 2.30. The molecule has 2 aromatic rings. The van der Waals surface area contributed by atoms with Gasteiger partial charge in [-0.15, -0.1) is 0 Å². The zero-order valence-electron chi connectivity index (χ0n) is 14.6. The molecule has 1 amide bonds. The highest BCUT2D eigenvalue weighted by atomic mass is 79.9. The molecule has 1 saturated carbocycles. The highest BCUT2D eigenvalue weighted by molar-refractivity contribution is 9.10. The first-order valence-corrected chi connectivity index (χ1v) is 9.20. The minimum Gasteiger partial charge on any atom is -0.381 e. The maximum Gasteiger partial charge on any atom is 0.275 e. The van der Waals surface area contributed by atoms with E-state index in [9.17, 15) is 9.59 Å². The van der Waals surface area contributed by atoms with Gasteiger partial charge in [-0.2, -0.15) is 5.10 Å². The van der Waals surface area contributed by atoms with Crippen molar-refractivity contribution in [3.8, 4) is 0 Å². The van der Waals surface area contributed by atoms with Crippen LogP contribution in [0.2, 0.25) is 0 Å². The maximum atomic E-state index is 12.7. The van der Waals surface area contributed by atoms with Gasteiger partial charge in [0.05, 0.1) is 17.7 Å². The number of hydrogen-bond acceptors (Lipinski definition) is 4. The summed E-state index contributed by atoms with van der Waals surface area (Å²) in [5.74, 6) is 0.0560. The normalized spacial score (nSPS) is 19.9. The summed E-state index contributed by atoms with van der Waals surface area (Å²) in [6.45, 7) is 4.07. The van der Waals surface area contributed by atoms with Crippen LogP contribution in [0.3, 0.4) is 0 Å². The molecule has 1 aliphatic rings. The van der Waals surface area contributed by atoms with Gasteiger partial charge in [-0.05, 0) is 36.5 Å². The fourth-order valence-corrected chi connectivity index (χ4v) is 4.04. The standard InChI is InChI=1S/C18H22BrN3O3/c1-10(2)17-14-8-20-22(18(24)13(14)4-5-15(17)19)9-16(23)21-11-6-12(7-11)25-3/h4-5,8,10-12H,6-7,9H2,1-3H3,(H,21,23)/t11-,12+. The van der Waals surface area contributed by atoms with Crippen molar-refractivity contribution in [2.45, 2.75) is 51.3 Å². The third-order valence-corrected chi connectivity index (χ3v) is 5.38. The van der Waals surface area contributed by atoms with Crippen molar-refractivity contribution < 1.29 is 9.53 Å². The van der Waals surface area contributed by atoms with Crippen LogP contribution in [-0.4, -0.2) is 34.9 Å². The number of nitrogens with zero attached hydrogens (tertiary/aromatic N) is 2. The van der Waals surface area contributed by atoms with E-state index in [0.29, 0.717) is 5.39 Å². The Labute approximate surface area is 154 Å². The Bertz CT molecular complexity index is 857. The SMILES string of the molecule is CO[C@H]1C[C@@H](NC(=O)Cn2ncc3c(C(C)C)c(Br)ccc3c2=O)C1. The van der Waals surface area contributed by atoms with Gasteiger partial charge in [0.15, 0.2) is 0 Å². The zero-order chi connectivity index (χ0) is 18.1. The van der Waals surface area contributed by atoms with Crippen LogP contribution in [0.5, 0.6) is 0 Å². The Balaban J connectivity index is 1.81. The van der Waals surface area contributed by atoms with E-state index in [2.05, 4.69) is 40.2 Å². The number of halogens is 1. The summed E-state index contributed by atoms with van der Waals surface area (Å²) in [6, 6.07) is 3.78. The molecule has 6 nitrogen and oxygen atoms in total. The molecular formula is C18H22BrN3O3. The first-order valence-electron chi connectivity index (χ1n) is 8.41. The van der Waals surface area contributed by atoms with Crippen LogP contribution in [0.25, 0.3) is 10.8 Å². The molecule has 1 aliphatic carbocycles. The Morgan fingerprint density at radius 2 is 2.12 bits per heavy atom. The number of amides is 1. The molecule has 0 unspecified atom stereocenters. The summed E-state index contributed by atoms with van der Waals surface area (Å²) in [4.78, 5) is 24.9. The topological polar surface area (TPSA) is 73.2 Å². The number of aromatic nitrogens is 2. The average molecular weight is 408 g/mol. The van der Waals surface area contributed by atoms with Crippen molar-refractivity contribution in [1.29, 1.82) is 0 Å². The molecule has 0 saturated heterocycles. The summed E-state index contributed by atoms with van der Waals surface area (Å²) >= 11 is 3.54. The molecule has 134 valence electrons. The Morgan fingerprint density at radius 1 is 1.40 bits per heavy atom. The van der Waals surface area contributed by atoms with E-state index in [-0.39, 0.29) is 36.1 Å². The van der Waals surface area contributed by atoms with Crippen molar-refractivity contribution in [2.24, 2.45) is 0 Å². The average Bonchev–Trinajstić information content (AvgIpc) is 2.52. The first kappa shape index (κ1) is 18.1. The Kier molecular flexibility index (Phi) is 5.24. The van der Waals surface area contributed by atoms with Gasteiger partial charge in [0.2, 0.25) is 5.91 Å². The Hall–Kier alpha value is -1.73. The lowest BCUT2D eigenvalue weighted by atomic mass is 9.89. The summed E-state index contributed by atoms with van der Waals surface area (Å²) in [6.07, 6.45) is 3.52. The zero-order valence-corrected chi connectivity index (χ0v) is 16.2. The van der Waals surface area contributed by atoms with Crippen LogP contribution in [0, 0.1) is 0 Å². The van der Waals surface area contributed by atoms with Crippen molar-refractivity contribution >= 4 is 32.6 Å². The van der Waals surface area contributed by atoms with Crippen LogP contribution in [-0.2, 0) is 16.1 Å². The second-order valence-corrected chi connectivity index (χ2v) is 7.63. The third kappa shape index (κ3) is 3.62. The molecule has 0 spiro atoms. The second-order valence-electron chi connectivity index (χ2n) is 6.78. The fraction of sp³-hybridized carbons (Fsp3) is 0.500. The lowest BCUT2D eigenvalue weighted by Crippen LogP contribution is -2.49. The quantitative estimate of drug-likeness (QED) is 0.826. The molecule has 7 heteroatoms. The predicted octanol–water partition coefficient (Wildman–Crippen LogP) is 2.58. The molecule has 1 heterocycles. The summed E-state index contributed by atoms with van der Waals surface area (Å²) in [5.41, 5.74) is 0.809. The van der Waals surface area contributed by atoms with Crippen LogP contribution in [0.1, 0.15) is 38.2 Å². The second kappa shape index (κ2) is 7.25. The van der Waals surface area contributed by atoms with E-state index >= 15 is 0 Å². The molecule has 0 bridgehead atoms. The van der Waals surface area contributed by atoms with Gasteiger partial charge >= 0.3 is 0 Å². The molecule has 0 radical (unpaired) electrons. The van der Waals surface area contributed by atoms with E-state index in [0.717, 1.165) is 28.3 Å². The largest absolute Gasteiger partial charge is 0.381 e. The van der Waals surface area contributed by atoms with Gasteiger partial charge in [0, 0.05) is 23.0 Å². The van der Waals surface area contributed by atoms with Gasteiger partial charge in [-0.3, -0.25) is 9.59 Å². The van der Waals surface area contributed by atoms with Crippen molar-refractivity contribution in [1.82, 2.24) is 15.1 Å². The minimum atomic E-state index is -0.245. The molecular weight excluding hydrogens is 386 g/mol. The van der Waals surface area contributed by atoms with Crippen molar-refractivity contribution in [2.75, 3.05) is 7.11 Å². The lowest BCUT2D eigenvalue weighted by Gasteiger charge is -2.34. The van der Waals surface area contributed by atoms with E-state index in [4.69, 9.17) is 4.74 Å². The number of methoxy groups -OCH3 is 1. The molecule has 25 heavy (non-hydrogen) atoms. The molecule has 3 rings (SSSR count). The van der Waals surface area contributed by atoms with Crippen LogP contribution >= 0.6 is 15.9 Å². The van der Waals surface area contributed by atoms with Gasteiger partial charge in [-0.25, -0.2) is 4.68 Å². The van der Waals surface area contributed by atoms with E-state index in [1.807, 2.05) is 6.07 Å². The van der Waals surface area contributed by atoms with Gasteiger partial charge in [0.1, 0.15) is 6.54 Å². The molecule has 0 aliphatic heterocycles. The van der Waals surface area contributed by atoms with E-state index in [1.54, 1.807) is 19.4 Å². The smallest absolute Gasteiger partial charge is 0.275 e. The van der Waals surface area contributed by atoms with E-state index in [1.165, 1.54) is 4.68 Å². The van der Waals surface area contributed by atoms with Gasteiger partial charge in [0.25, 0.3) is 5.56 Å². The first-order chi connectivity index (χ1) is 11.9. The molecule has 0 atom stereocenters. The summed E-state index contributed by atoms with van der Waals surface area (Å²) < 4.78 is 7.39. The highest BCUT2D eigenvalue weighted by Gasteiger charge is 2.30. The van der Waals surface area contributed by atoms with Crippen LogP contribution in [0.15, 0.2) is 27.6 Å². The fourth-order valence-electron chi connectivity index (χ4n) is 3.24. The number of rotatable bonds is 5. The van der Waals surface area contributed by atoms with Crippen molar-refractivity contribution in [3.05, 3.63) is 38.7 Å². The molecule has 1 N–H and O–H groups in total. The number of carbonyl (C=O) groups excluding carboxylic acids is 1. The number of carbonyl (C=O) groups is 1. The Morgan fingerprint density at radius 3 is 2.76 bits per heavy atom. The summed E-state index contributed by atoms with van der Waals surface area (Å²) in [5, 5.41) is 8.54. The molecule has 1 fully saturated rings. The number of ether oxygens (including phenoxy) is 1. The number of hydrogen-bond donors (Lipinski definition) is 1. The minimum absolute atomic E-state index is 0.0734. The molecule has 1 aromatic heterocycles. The number of nitrogens with one attached hydrogen (secondary N) is 1. The summed E-state index contributed by atoms with van der Waals surface area (Å²) in [7, 11) is 1.67. The van der Waals surface area contributed by atoms with Crippen LogP contribution < -0.4 is 10.9 Å². The number of benzene rings is 1. The van der Waals surface area contributed by atoms with Gasteiger partial charge in [-0.1, -0.05) is 29.8 Å². The lowest BCUT2D eigenvalue weighted by molar-refractivity contribution is -0.124. The van der Waals surface area contributed by atoms with Gasteiger partial charge < -0.3 is 10.1 Å². The maximum absolute atomic E-state index is 12.7. The monoisotopic (exact) mass is 407 g/mol. The third-order valence-electron chi connectivity index (χ3n) is 4.69. The molecule has 1 aromatic carbocycles. The van der Waals surface area contributed by atoms with Crippen molar-refractivity contribution in [3.63, 3.8) is 0 Å².